The minimum Gasteiger partial charge on any atom is -0.392 e. The predicted molar refractivity (Wildman–Crippen MR) is 135 cm³/mol. The maximum Gasteiger partial charge on any atom is 0.253 e. The van der Waals surface area contributed by atoms with E-state index < -0.39 is 0 Å². The number of nitrogen functional groups attached to an aromatic ring is 1. The van der Waals surface area contributed by atoms with E-state index in [1.807, 2.05) is 60.7 Å². The van der Waals surface area contributed by atoms with Crippen molar-refractivity contribution in [1.29, 1.82) is 0 Å². The van der Waals surface area contributed by atoms with Gasteiger partial charge in [-0.1, -0.05) is 48.2 Å². The molecule has 0 radical (unpaired) electrons. The lowest BCUT2D eigenvalue weighted by Crippen LogP contribution is -2.23. The maximum absolute atomic E-state index is 13.0. The maximum atomic E-state index is 13.0. The number of amides is 1. The van der Waals surface area contributed by atoms with Crippen LogP contribution in [0.2, 0.25) is 0 Å². The number of aliphatic hydroxyl groups excluding tert-OH is 1. The van der Waals surface area contributed by atoms with Gasteiger partial charge in [0, 0.05) is 40.5 Å². The lowest BCUT2D eigenvalue weighted by Gasteiger charge is -2.12. The first-order valence-corrected chi connectivity index (χ1v) is 11.7. The summed E-state index contributed by atoms with van der Waals surface area (Å²) >= 11 is 1.57. The van der Waals surface area contributed by atoms with Crippen molar-refractivity contribution in [3.63, 3.8) is 0 Å². The van der Waals surface area contributed by atoms with E-state index in [1.54, 1.807) is 40.9 Å². The molecule has 2 aromatic carbocycles. The molecular formula is C26H22N6O2S. The summed E-state index contributed by atoms with van der Waals surface area (Å²) < 4.78 is 1.59. The van der Waals surface area contributed by atoms with Gasteiger partial charge in [0.1, 0.15) is 0 Å². The predicted octanol–water partition coefficient (Wildman–Crippen LogP) is 3.95. The Morgan fingerprint density at radius 2 is 1.71 bits per heavy atom. The molecule has 0 fully saturated rings. The third-order valence-corrected chi connectivity index (χ3v) is 6.70. The largest absolute Gasteiger partial charge is 0.392 e. The van der Waals surface area contributed by atoms with Crippen LogP contribution in [0.1, 0.15) is 21.5 Å². The highest BCUT2D eigenvalue weighted by atomic mass is 32.2. The first kappa shape index (κ1) is 22.6. The van der Waals surface area contributed by atoms with Gasteiger partial charge < -0.3 is 16.2 Å². The van der Waals surface area contributed by atoms with Gasteiger partial charge in [0.05, 0.1) is 12.2 Å². The number of anilines is 1. The summed E-state index contributed by atoms with van der Waals surface area (Å²) in [5, 5.41) is 16.7. The van der Waals surface area contributed by atoms with Crippen LogP contribution < -0.4 is 11.1 Å². The van der Waals surface area contributed by atoms with Gasteiger partial charge in [-0.25, -0.2) is 4.52 Å². The topological polar surface area (TPSA) is 118 Å². The summed E-state index contributed by atoms with van der Waals surface area (Å²) in [5.74, 6) is -0.0191. The van der Waals surface area contributed by atoms with E-state index in [1.165, 1.54) is 0 Å². The lowest BCUT2D eigenvalue weighted by atomic mass is 10.1. The van der Waals surface area contributed by atoms with Crippen LogP contribution in [-0.4, -0.2) is 30.6 Å². The summed E-state index contributed by atoms with van der Waals surface area (Å²) in [7, 11) is 0. The molecule has 9 heteroatoms. The van der Waals surface area contributed by atoms with E-state index in [-0.39, 0.29) is 18.5 Å². The van der Waals surface area contributed by atoms with Crippen LogP contribution in [0.5, 0.6) is 0 Å². The molecule has 3 heterocycles. The Balaban J connectivity index is 1.32. The van der Waals surface area contributed by atoms with E-state index in [4.69, 9.17) is 5.73 Å². The molecular weight excluding hydrogens is 460 g/mol. The number of fused-ring (bicyclic) bond motifs is 1. The molecule has 0 aliphatic rings. The Morgan fingerprint density at radius 1 is 0.971 bits per heavy atom. The van der Waals surface area contributed by atoms with Gasteiger partial charge >= 0.3 is 0 Å². The number of rotatable bonds is 7. The summed E-state index contributed by atoms with van der Waals surface area (Å²) in [5.41, 5.74) is 10.2. The highest BCUT2D eigenvalue weighted by Crippen LogP contribution is 2.33. The molecule has 4 N–H and O–H groups in total. The fourth-order valence-corrected chi connectivity index (χ4v) is 4.74. The van der Waals surface area contributed by atoms with Crippen LogP contribution in [-0.2, 0) is 13.2 Å². The van der Waals surface area contributed by atoms with Crippen LogP contribution in [0.4, 0.5) is 5.95 Å². The van der Waals surface area contributed by atoms with E-state index >= 15 is 0 Å². The average molecular weight is 483 g/mol. The fraction of sp³-hybridized carbons (Fsp3) is 0.0769. The number of hydrogen-bond acceptors (Lipinski definition) is 7. The number of hydrogen-bond donors (Lipinski definition) is 3. The van der Waals surface area contributed by atoms with Crippen LogP contribution in [0.15, 0.2) is 95.1 Å². The zero-order valence-corrected chi connectivity index (χ0v) is 19.4. The molecule has 0 bridgehead atoms. The molecule has 5 rings (SSSR count). The molecule has 3 aromatic heterocycles. The minimum absolute atomic E-state index is 0.0250. The molecule has 0 spiro atoms. The van der Waals surface area contributed by atoms with Crippen molar-refractivity contribution in [2.45, 2.75) is 22.9 Å². The number of benzene rings is 2. The monoisotopic (exact) mass is 482 g/mol. The van der Waals surface area contributed by atoms with Gasteiger partial charge in [-0.15, -0.1) is 5.10 Å². The Morgan fingerprint density at radius 3 is 2.51 bits per heavy atom. The Hall–Kier alpha value is -4.21. The summed E-state index contributed by atoms with van der Waals surface area (Å²) in [6, 6.07) is 21.2. The third-order valence-electron chi connectivity index (χ3n) is 5.46. The van der Waals surface area contributed by atoms with E-state index in [0.29, 0.717) is 17.8 Å². The molecule has 0 atom stereocenters. The fourth-order valence-electron chi connectivity index (χ4n) is 3.68. The van der Waals surface area contributed by atoms with E-state index in [2.05, 4.69) is 20.4 Å². The number of carbonyl (C=O) groups is 1. The zero-order chi connectivity index (χ0) is 24.2. The highest BCUT2D eigenvalue weighted by molar-refractivity contribution is 7.99. The number of nitrogens with one attached hydrogen (secondary N) is 1. The third kappa shape index (κ3) is 5.01. The van der Waals surface area contributed by atoms with Crippen LogP contribution in [0, 0.1) is 0 Å². The summed E-state index contributed by atoms with van der Waals surface area (Å²) in [6.45, 7) is 0.335. The van der Waals surface area contributed by atoms with Crippen molar-refractivity contribution >= 4 is 29.3 Å². The number of nitrogens with zero attached hydrogens (tertiary/aromatic N) is 4. The number of aromatic nitrogens is 4. The summed E-state index contributed by atoms with van der Waals surface area (Å²) in [4.78, 5) is 23.4. The highest BCUT2D eigenvalue weighted by Gasteiger charge is 2.12. The second-order valence-electron chi connectivity index (χ2n) is 7.81. The second kappa shape index (κ2) is 9.96. The van der Waals surface area contributed by atoms with Crippen LogP contribution >= 0.6 is 11.8 Å². The van der Waals surface area contributed by atoms with Gasteiger partial charge in [-0.2, -0.15) is 4.98 Å². The van der Waals surface area contributed by atoms with Crippen molar-refractivity contribution in [2.24, 2.45) is 0 Å². The van der Waals surface area contributed by atoms with E-state index in [0.717, 1.165) is 32.0 Å². The Kier molecular flexibility index (Phi) is 6.42. The van der Waals surface area contributed by atoms with Crippen molar-refractivity contribution < 1.29 is 9.90 Å². The molecule has 1 amide bonds. The van der Waals surface area contributed by atoms with Crippen LogP contribution in [0.3, 0.4) is 0 Å². The lowest BCUT2D eigenvalue weighted by molar-refractivity contribution is 0.0950. The molecule has 174 valence electrons. The molecule has 35 heavy (non-hydrogen) atoms. The summed E-state index contributed by atoms with van der Waals surface area (Å²) in [6.07, 6.45) is 5.02. The molecule has 0 saturated heterocycles. The van der Waals surface area contributed by atoms with Gasteiger partial charge in [0.15, 0.2) is 5.65 Å². The quantitative estimate of drug-likeness (QED) is 0.321. The molecule has 5 aromatic rings. The molecule has 8 nitrogen and oxygen atoms in total. The van der Waals surface area contributed by atoms with Crippen molar-refractivity contribution in [1.82, 2.24) is 24.9 Å². The van der Waals surface area contributed by atoms with E-state index in [9.17, 15) is 9.90 Å². The SMILES string of the molecule is Nc1nc2cc(-c3cncc(C(=O)NCc4ccccc4Sc4ccccc4CO)c3)ccn2n1. The number of nitrogens with two attached hydrogens (primary N) is 1. The van der Waals surface area contributed by atoms with Crippen molar-refractivity contribution in [3.05, 3.63) is 102 Å². The van der Waals surface area contributed by atoms with Gasteiger partial charge in [0.2, 0.25) is 5.95 Å². The average Bonchev–Trinajstić information content (AvgIpc) is 3.27. The second-order valence-corrected chi connectivity index (χ2v) is 8.89. The molecule has 0 aliphatic heterocycles. The van der Waals surface area contributed by atoms with Gasteiger partial charge in [0.25, 0.3) is 5.91 Å². The first-order chi connectivity index (χ1) is 17.1. The number of pyridine rings is 2. The molecule has 0 aliphatic carbocycles. The number of carbonyl (C=O) groups excluding carboxylic acids is 1. The molecule has 0 unspecified atom stereocenters. The normalized spacial score (nSPS) is 11.0. The van der Waals surface area contributed by atoms with Crippen molar-refractivity contribution in [3.8, 4) is 11.1 Å². The standard InChI is InChI=1S/C26H22N6O2S/c27-26-30-24-12-17(9-10-32(24)31-26)20-11-21(14-28-13-20)25(34)29-15-18-5-1-3-7-22(18)35-23-8-4-2-6-19(23)16-33/h1-14,33H,15-16H2,(H2,27,31)(H,29,34). The van der Waals surface area contributed by atoms with Crippen molar-refractivity contribution in [2.75, 3.05) is 5.73 Å². The van der Waals surface area contributed by atoms with Gasteiger partial charge in [-0.3, -0.25) is 9.78 Å². The minimum atomic E-state index is -0.220. The Bertz CT molecular complexity index is 1520. The zero-order valence-electron chi connectivity index (χ0n) is 18.6. The first-order valence-electron chi connectivity index (χ1n) is 10.9. The van der Waals surface area contributed by atoms with Crippen LogP contribution in [0.25, 0.3) is 16.8 Å². The number of aliphatic hydroxyl groups is 1. The van der Waals surface area contributed by atoms with Gasteiger partial charge in [-0.05, 0) is 47.0 Å². The Labute approximate surface area is 205 Å². The smallest absolute Gasteiger partial charge is 0.253 e. The molecule has 0 saturated carbocycles.